The maximum atomic E-state index is 12.7. The molecule has 0 heterocycles. The van der Waals surface area contributed by atoms with Crippen LogP contribution in [0.5, 0.6) is 11.5 Å². The van der Waals surface area contributed by atoms with E-state index in [0.717, 1.165) is 5.56 Å². The number of nitrogens with two attached hydrogens (primary N) is 1. The normalized spacial score (nSPS) is 13.7. The summed E-state index contributed by atoms with van der Waals surface area (Å²) < 4.78 is 0. The maximum absolute atomic E-state index is 12.7. The summed E-state index contributed by atoms with van der Waals surface area (Å²) in [6, 6.07) is 4.59. The van der Waals surface area contributed by atoms with Crippen LogP contribution in [0.2, 0.25) is 0 Å². The molecule has 2 amide bonds. The second kappa shape index (κ2) is 9.60. The van der Waals surface area contributed by atoms with E-state index in [0.29, 0.717) is 38.9 Å². The highest BCUT2D eigenvalue weighted by Crippen LogP contribution is 2.37. The topological polar surface area (TPSA) is 125 Å². The highest BCUT2D eigenvalue weighted by Gasteiger charge is 2.40. The van der Waals surface area contributed by atoms with Crippen molar-refractivity contribution in [2.24, 2.45) is 16.6 Å². The molecule has 0 spiro atoms. The molecule has 0 saturated carbocycles. The Bertz CT molecular complexity index is 661. The Labute approximate surface area is 161 Å². The third-order valence-corrected chi connectivity index (χ3v) is 4.94. The highest BCUT2D eigenvalue weighted by atomic mass is 16.3. The van der Waals surface area contributed by atoms with E-state index in [1.54, 1.807) is 6.07 Å². The first-order valence-electron chi connectivity index (χ1n) is 9.33. The minimum atomic E-state index is -0.720. The van der Waals surface area contributed by atoms with Gasteiger partial charge in [0.1, 0.15) is 0 Å². The molecule has 0 fully saturated rings. The van der Waals surface area contributed by atoms with Gasteiger partial charge in [-0.1, -0.05) is 33.8 Å². The van der Waals surface area contributed by atoms with Crippen LogP contribution in [-0.4, -0.2) is 41.7 Å². The minimum absolute atomic E-state index is 0.0871. The van der Waals surface area contributed by atoms with Crippen LogP contribution in [0.15, 0.2) is 18.2 Å². The van der Waals surface area contributed by atoms with Crippen LogP contribution in [0.25, 0.3) is 0 Å². The molecule has 7 nitrogen and oxygen atoms in total. The fourth-order valence-corrected chi connectivity index (χ4v) is 3.10. The van der Waals surface area contributed by atoms with Crippen molar-refractivity contribution in [3.05, 3.63) is 23.8 Å². The Balaban J connectivity index is 2.65. The molecule has 0 aliphatic rings. The molecule has 0 aromatic heterocycles. The molecule has 1 unspecified atom stereocenters. The van der Waals surface area contributed by atoms with E-state index in [1.165, 1.54) is 12.1 Å². The summed E-state index contributed by atoms with van der Waals surface area (Å²) in [7, 11) is 0. The van der Waals surface area contributed by atoms with Gasteiger partial charge in [-0.25, -0.2) is 0 Å². The van der Waals surface area contributed by atoms with Crippen LogP contribution in [0, 0.1) is 10.8 Å². The molecule has 1 aromatic rings. The molecule has 0 radical (unpaired) electrons. The van der Waals surface area contributed by atoms with Gasteiger partial charge in [-0.05, 0) is 37.0 Å². The predicted octanol–water partition coefficient (Wildman–Crippen LogP) is 1.66. The number of benzene rings is 1. The highest BCUT2D eigenvalue weighted by molar-refractivity contribution is 5.85. The molecular formula is C20H33N3O4. The number of hydrogen-bond acceptors (Lipinski definition) is 5. The molecular weight excluding hydrogens is 346 g/mol. The Kier molecular flexibility index (Phi) is 8.09. The van der Waals surface area contributed by atoms with E-state index in [4.69, 9.17) is 5.73 Å². The van der Waals surface area contributed by atoms with E-state index in [-0.39, 0.29) is 23.3 Å². The van der Waals surface area contributed by atoms with Gasteiger partial charge < -0.3 is 26.6 Å². The lowest BCUT2D eigenvalue weighted by atomic mass is 9.71. The van der Waals surface area contributed by atoms with Crippen molar-refractivity contribution in [2.45, 2.75) is 47.0 Å². The minimum Gasteiger partial charge on any atom is -0.504 e. The van der Waals surface area contributed by atoms with Gasteiger partial charge in [0.25, 0.3) is 0 Å². The van der Waals surface area contributed by atoms with E-state index in [2.05, 4.69) is 10.6 Å². The van der Waals surface area contributed by atoms with Gasteiger partial charge in [-0.3, -0.25) is 9.59 Å². The van der Waals surface area contributed by atoms with Crippen molar-refractivity contribution >= 4 is 11.8 Å². The first-order valence-corrected chi connectivity index (χ1v) is 9.33. The van der Waals surface area contributed by atoms with E-state index in [9.17, 15) is 19.8 Å². The van der Waals surface area contributed by atoms with Crippen molar-refractivity contribution in [3.63, 3.8) is 0 Å². The number of rotatable bonds is 10. The van der Waals surface area contributed by atoms with Gasteiger partial charge in [0, 0.05) is 30.5 Å². The van der Waals surface area contributed by atoms with Crippen LogP contribution in [-0.2, 0) is 16.0 Å². The molecule has 0 aliphatic carbocycles. The van der Waals surface area contributed by atoms with Crippen molar-refractivity contribution in [2.75, 3.05) is 19.6 Å². The standard InChI is InChI=1S/C20H33N3O4/c1-5-20(4,18(27)23-11-9-21)13-19(2,3)17(26)22-10-8-14-6-7-15(24)16(25)12-14/h6-7,12,24-25H,5,8-11,13,21H2,1-4H3,(H,22,26)(H,23,27). The van der Waals surface area contributed by atoms with Gasteiger partial charge >= 0.3 is 0 Å². The van der Waals surface area contributed by atoms with Gasteiger partial charge in [0.2, 0.25) is 11.8 Å². The first kappa shape index (κ1) is 22.8. The molecule has 0 saturated heterocycles. The zero-order valence-corrected chi connectivity index (χ0v) is 16.8. The summed E-state index contributed by atoms with van der Waals surface area (Å²) >= 11 is 0. The van der Waals surface area contributed by atoms with Gasteiger partial charge in [0.15, 0.2) is 11.5 Å². The number of phenols is 2. The lowest BCUT2D eigenvalue weighted by molar-refractivity contribution is -0.136. The summed E-state index contributed by atoms with van der Waals surface area (Å²) in [4.78, 5) is 25.1. The average Bonchev–Trinajstić information content (AvgIpc) is 2.61. The number of carbonyl (C=O) groups is 2. The van der Waals surface area contributed by atoms with E-state index < -0.39 is 10.8 Å². The Morgan fingerprint density at radius 2 is 1.67 bits per heavy atom. The Morgan fingerprint density at radius 3 is 2.22 bits per heavy atom. The molecule has 1 rings (SSSR count). The van der Waals surface area contributed by atoms with Gasteiger partial charge in [-0.15, -0.1) is 0 Å². The van der Waals surface area contributed by atoms with Crippen LogP contribution < -0.4 is 16.4 Å². The Hall–Kier alpha value is -2.28. The van der Waals surface area contributed by atoms with Crippen molar-refractivity contribution in [1.29, 1.82) is 0 Å². The number of nitrogens with one attached hydrogen (secondary N) is 2. The van der Waals surface area contributed by atoms with Crippen LogP contribution >= 0.6 is 0 Å². The lowest BCUT2D eigenvalue weighted by Crippen LogP contribution is -2.47. The third-order valence-electron chi connectivity index (χ3n) is 4.94. The summed E-state index contributed by atoms with van der Waals surface area (Å²) in [6.07, 6.45) is 1.56. The first-order chi connectivity index (χ1) is 12.6. The largest absolute Gasteiger partial charge is 0.504 e. The summed E-state index contributed by atoms with van der Waals surface area (Å²) in [5.74, 6) is -0.565. The zero-order valence-electron chi connectivity index (χ0n) is 16.8. The van der Waals surface area contributed by atoms with Crippen LogP contribution in [0.4, 0.5) is 0 Å². The smallest absolute Gasteiger partial charge is 0.226 e. The van der Waals surface area contributed by atoms with Crippen molar-refractivity contribution in [1.82, 2.24) is 10.6 Å². The zero-order chi connectivity index (χ0) is 20.7. The molecule has 0 bridgehead atoms. The summed E-state index contributed by atoms with van der Waals surface area (Å²) in [5, 5.41) is 24.6. The monoisotopic (exact) mass is 379 g/mol. The van der Waals surface area contributed by atoms with E-state index >= 15 is 0 Å². The van der Waals surface area contributed by atoms with E-state index in [1.807, 2.05) is 27.7 Å². The molecule has 152 valence electrons. The molecule has 1 atom stereocenters. The third kappa shape index (κ3) is 6.43. The van der Waals surface area contributed by atoms with Crippen LogP contribution in [0.1, 0.15) is 46.1 Å². The summed E-state index contributed by atoms with van der Waals surface area (Å²) in [6.45, 7) is 8.66. The fraction of sp³-hybridized carbons (Fsp3) is 0.600. The second-order valence-electron chi connectivity index (χ2n) is 7.85. The lowest BCUT2D eigenvalue weighted by Gasteiger charge is -2.35. The molecule has 0 aliphatic heterocycles. The summed E-state index contributed by atoms with van der Waals surface area (Å²) in [5.41, 5.74) is 4.88. The van der Waals surface area contributed by atoms with Gasteiger partial charge in [0.05, 0.1) is 0 Å². The average molecular weight is 380 g/mol. The quantitative estimate of drug-likeness (QED) is 0.396. The molecule has 27 heavy (non-hydrogen) atoms. The number of carbonyl (C=O) groups excluding carboxylic acids is 2. The second-order valence-corrected chi connectivity index (χ2v) is 7.85. The predicted molar refractivity (Wildman–Crippen MR) is 105 cm³/mol. The van der Waals surface area contributed by atoms with Crippen LogP contribution in [0.3, 0.4) is 0 Å². The maximum Gasteiger partial charge on any atom is 0.226 e. The number of amides is 2. The Morgan fingerprint density at radius 1 is 1.04 bits per heavy atom. The van der Waals surface area contributed by atoms with Gasteiger partial charge in [-0.2, -0.15) is 0 Å². The fourth-order valence-electron chi connectivity index (χ4n) is 3.10. The van der Waals surface area contributed by atoms with Crippen molar-refractivity contribution < 1.29 is 19.8 Å². The van der Waals surface area contributed by atoms with Crippen molar-refractivity contribution in [3.8, 4) is 11.5 Å². The molecule has 7 heteroatoms. The number of aromatic hydroxyl groups is 2. The number of phenolic OH excluding ortho intramolecular Hbond substituents is 2. The molecule has 1 aromatic carbocycles. The molecule has 6 N–H and O–H groups in total. The number of hydrogen-bond donors (Lipinski definition) is 5. The SMILES string of the molecule is CCC(C)(CC(C)(C)C(=O)NCCc1ccc(O)c(O)c1)C(=O)NCCN.